The molecule has 0 aromatic carbocycles. The fourth-order valence-electron chi connectivity index (χ4n) is 3.76. The van der Waals surface area contributed by atoms with Crippen molar-refractivity contribution in [3.05, 3.63) is 47.9 Å². The summed E-state index contributed by atoms with van der Waals surface area (Å²) in [5, 5.41) is 13.4. The van der Waals surface area contributed by atoms with E-state index in [-0.39, 0.29) is 29.2 Å². The minimum absolute atomic E-state index is 0.109. The zero-order chi connectivity index (χ0) is 25.2. The van der Waals surface area contributed by atoms with Crippen LogP contribution in [0.3, 0.4) is 0 Å². The predicted octanol–water partition coefficient (Wildman–Crippen LogP) is 2.04. The van der Waals surface area contributed by atoms with Gasteiger partial charge in [0, 0.05) is 19.2 Å². The van der Waals surface area contributed by atoms with Crippen LogP contribution in [-0.4, -0.2) is 57.0 Å². The third-order valence-corrected chi connectivity index (χ3v) is 5.49. The van der Waals surface area contributed by atoms with E-state index >= 15 is 0 Å². The lowest BCUT2D eigenvalue weighted by Crippen LogP contribution is -2.41. The van der Waals surface area contributed by atoms with Crippen LogP contribution in [0.25, 0.3) is 5.82 Å². The summed E-state index contributed by atoms with van der Waals surface area (Å²) >= 11 is 0. The number of aromatic nitrogens is 5. The van der Waals surface area contributed by atoms with Gasteiger partial charge in [0.25, 0.3) is 5.91 Å². The summed E-state index contributed by atoms with van der Waals surface area (Å²) in [7, 11) is 1.34. The van der Waals surface area contributed by atoms with Gasteiger partial charge in [-0.05, 0) is 31.0 Å². The van der Waals surface area contributed by atoms with Crippen molar-refractivity contribution in [1.29, 1.82) is 0 Å². The fraction of sp³-hybridized carbons (Fsp3) is 0.333. The molecule has 3 aromatic heterocycles. The summed E-state index contributed by atoms with van der Waals surface area (Å²) < 4.78 is 46.9. The van der Waals surface area contributed by atoms with Crippen molar-refractivity contribution in [2.45, 2.75) is 19.0 Å². The molecule has 4 heterocycles. The molecule has 3 N–H and O–H groups in total. The number of rotatable bonds is 6. The number of alkyl halides is 3. The van der Waals surface area contributed by atoms with Crippen LogP contribution in [0.4, 0.5) is 24.7 Å². The van der Waals surface area contributed by atoms with Crippen LogP contribution in [-0.2, 0) is 11.0 Å². The monoisotopic (exact) mass is 490 g/mol. The van der Waals surface area contributed by atoms with Gasteiger partial charge in [0.2, 0.25) is 11.8 Å². The van der Waals surface area contributed by atoms with E-state index in [2.05, 4.69) is 25.6 Å². The van der Waals surface area contributed by atoms with Crippen molar-refractivity contribution in [3.63, 3.8) is 0 Å². The number of pyridine rings is 1. The first-order valence-corrected chi connectivity index (χ1v) is 10.5. The summed E-state index contributed by atoms with van der Waals surface area (Å²) in [6.45, 7) is 1.11. The fourth-order valence-corrected chi connectivity index (χ4v) is 3.76. The number of nitrogens with one attached hydrogen (secondary N) is 1. The average molecular weight is 490 g/mol. The first-order valence-electron chi connectivity index (χ1n) is 10.5. The van der Waals surface area contributed by atoms with E-state index in [1.807, 2.05) is 4.90 Å². The summed E-state index contributed by atoms with van der Waals surface area (Å²) in [5.41, 5.74) is 3.59. The predicted molar refractivity (Wildman–Crippen MR) is 117 cm³/mol. The maximum absolute atomic E-state index is 13.9. The lowest BCUT2D eigenvalue weighted by Gasteiger charge is -2.32. The first kappa shape index (κ1) is 23.9. The lowest BCUT2D eigenvalue weighted by atomic mass is 9.97. The van der Waals surface area contributed by atoms with Crippen LogP contribution in [0.5, 0.6) is 5.88 Å². The maximum Gasteiger partial charge on any atom is 0.434 e. The number of piperidine rings is 1. The Labute approximate surface area is 197 Å². The van der Waals surface area contributed by atoms with Gasteiger partial charge >= 0.3 is 6.18 Å². The third kappa shape index (κ3) is 5.15. The number of anilines is 2. The Hall–Kier alpha value is -4.23. The summed E-state index contributed by atoms with van der Waals surface area (Å²) in [6, 6.07) is 5.69. The number of ether oxygens (including phenoxy) is 1. The maximum atomic E-state index is 13.9. The van der Waals surface area contributed by atoms with E-state index in [4.69, 9.17) is 10.5 Å². The van der Waals surface area contributed by atoms with Crippen molar-refractivity contribution in [3.8, 4) is 11.7 Å². The van der Waals surface area contributed by atoms with E-state index < -0.39 is 23.3 Å². The molecule has 1 aliphatic heterocycles. The summed E-state index contributed by atoms with van der Waals surface area (Å²) in [4.78, 5) is 30.4. The third-order valence-electron chi connectivity index (χ3n) is 5.49. The van der Waals surface area contributed by atoms with Gasteiger partial charge in [-0.15, -0.1) is 10.2 Å². The highest BCUT2D eigenvalue weighted by Gasteiger charge is 2.41. The molecule has 14 heteroatoms. The van der Waals surface area contributed by atoms with E-state index in [9.17, 15) is 22.8 Å². The molecule has 0 spiro atoms. The van der Waals surface area contributed by atoms with Gasteiger partial charge in [0.15, 0.2) is 11.5 Å². The zero-order valence-corrected chi connectivity index (χ0v) is 18.5. The van der Waals surface area contributed by atoms with Gasteiger partial charge in [-0.3, -0.25) is 9.59 Å². The smallest absolute Gasteiger partial charge is 0.434 e. The van der Waals surface area contributed by atoms with Gasteiger partial charge in [0.1, 0.15) is 5.82 Å². The highest BCUT2D eigenvalue weighted by molar-refractivity contribution is 6.05. The molecular formula is C21H21F3N8O3. The Morgan fingerprint density at radius 3 is 2.51 bits per heavy atom. The van der Waals surface area contributed by atoms with Crippen molar-refractivity contribution >= 4 is 23.3 Å². The molecule has 0 saturated carbocycles. The second kappa shape index (κ2) is 9.56. The largest absolute Gasteiger partial charge is 0.480 e. The summed E-state index contributed by atoms with van der Waals surface area (Å²) in [6.07, 6.45) is -1.29. The Morgan fingerprint density at radius 1 is 1.14 bits per heavy atom. The number of nitrogens with two attached hydrogens (primary N) is 1. The number of carbonyl (C=O) groups is 2. The van der Waals surface area contributed by atoms with Crippen molar-refractivity contribution in [2.75, 3.05) is 30.4 Å². The number of hydrogen-bond donors (Lipinski definition) is 2. The van der Waals surface area contributed by atoms with Gasteiger partial charge in [0.05, 0.1) is 36.7 Å². The van der Waals surface area contributed by atoms with Crippen LogP contribution in [0.1, 0.15) is 28.9 Å². The second-order valence-corrected chi connectivity index (χ2v) is 7.80. The first-order chi connectivity index (χ1) is 16.7. The number of amides is 2. The molecule has 184 valence electrons. The van der Waals surface area contributed by atoms with Crippen LogP contribution in [0.15, 0.2) is 36.7 Å². The highest BCUT2D eigenvalue weighted by atomic mass is 19.4. The number of carbonyl (C=O) groups excluding carboxylic acids is 2. The topological polar surface area (TPSA) is 141 Å². The molecule has 11 nitrogen and oxygen atoms in total. The Balaban J connectivity index is 1.54. The molecule has 0 radical (unpaired) electrons. The number of halogens is 3. The van der Waals surface area contributed by atoms with E-state index in [0.29, 0.717) is 30.0 Å². The minimum Gasteiger partial charge on any atom is -0.480 e. The Morgan fingerprint density at radius 2 is 1.91 bits per heavy atom. The van der Waals surface area contributed by atoms with E-state index in [0.717, 1.165) is 12.6 Å². The number of primary amides is 1. The molecular weight excluding hydrogens is 469 g/mol. The van der Waals surface area contributed by atoms with Crippen molar-refractivity contribution in [1.82, 2.24) is 25.0 Å². The second-order valence-electron chi connectivity index (χ2n) is 7.80. The number of methoxy groups -OCH3 is 1. The zero-order valence-electron chi connectivity index (χ0n) is 18.5. The molecule has 1 unspecified atom stereocenters. The van der Waals surface area contributed by atoms with Gasteiger partial charge in [-0.2, -0.15) is 18.3 Å². The minimum atomic E-state index is -4.90. The van der Waals surface area contributed by atoms with E-state index in [1.54, 1.807) is 6.07 Å². The molecule has 1 saturated heterocycles. The van der Waals surface area contributed by atoms with Crippen LogP contribution in [0, 0.1) is 5.92 Å². The molecule has 1 atom stereocenters. The SMILES string of the molecule is COc1ccc(-n2ncc(C(=O)Nc3ccc(N4CCCC(C(N)=O)C4)nc3)c2C(F)(F)F)nn1. The molecule has 35 heavy (non-hydrogen) atoms. The quantitative estimate of drug-likeness (QED) is 0.535. The van der Waals surface area contributed by atoms with E-state index in [1.165, 1.54) is 31.5 Å². The van der Waals surface area contributed by atoms with Gasteiger partial charge in [-0.25, -0.2) is 9.67 Å². The van der Waals surface area contributed by atoms with Crippen molar-refractivity contribution < 1.29 is 27.5 Å². The van der Waals surface area contributed by atoms with Gasteiger partial charge in [-0.1, -0.05) is 0 Å². The molecule has 0 bridgehead atoms. The number of hydrogen-bond acceptors (Lipinski definition) is 8. The molecule has 4 rings (SSSR count). The van der Waals surface area contributed by atoms with Crippen LogP contribution >= 0.6 is 0 Å². The molecule has 0 aliphatic carbocycles. The molecule has 3 aromatic rings. The normalized spacial score (nSPS) is 16.1. The highest BCUT2D eigenvalue weighted by Crippen LogP contribution is 2.34. The molecule has 2 amide bonds. The van der Waals surface area contributed by atoms with Gasteiger partial charge < -0.3 is 20.7 Å². The number of nitrogens with zero attached hydrogens (tertiary/aromatic N) is 6. The average Bonchev–Trinajstić information content (AvgIpc) is 3.31. The lowest BCUT2D eigenvalue weighted by molar-refractivity contribution is -0.143. The Kier molecular flexibility index (Phi) is 6.53. The standard InChI is InChI=1S/C21H21F3N8O3/c1-35-17-7-6-16(29-30-17)32-18(21(22,23)24)14(10-27-32)20(34)28-13-4-5-15(26-9-13)31-8-2-3-12(11-31)19(25)33/h4-7,9-10,12H,2-3,8,11H2,1H3,(H2,25,33)(H,28,34). The Bertz CT molecular complexity index is 1210. The molecule has 1 aliphatic rings. The van der Waals surface area contributed by atoms with Crippen LogP contribution < -0.4 is 20.7 Å². The van der Waals surface area contributed by atoms with Crippen LogP contribution in [0.2, 0.25) is 0 Å². The summed E-state index contributed by atoms with van der Waals surface area (Å²) in [5.74, 6) is -1.24. The molecule has 1 fully saturated rings. The van der Waals surface area contributed by atoms with Crippen molar-refractivity contribution in [2.24, 2.45) is 11.7 Å².